The highest BCUT2D eigenvalue weighted by molar-refractivity contribution is 6.08. The van der Waals surface area contributed by atoms with Gasteiger partial charge in [0, 0.05) is 29.2 Å². The maximum absolute atomic E-state index is 13.8. The third-order valence-corrected chi connectivity index (χ3v) is 6.95. The number of Topliss-reactive ketones (excluding diaryl/α,β-unsaturated/α-hetero) is 1. The number of rotatable bonds is 3. The first kappa shape index (κ1) is 21.0. The van der Waals surface area contributed by atoms with Gasteiger partial charge in [-0.3, -0.25) is 9.69 Å². The summed E-state index contributed by atoms with van der Waals surface area (Å²) in [6, 6.07) is 21.3. The van der Waals surface area contributed by atoms with Crippen molar-refractivity contribution in [3.63, 3.8) is 0 Å². The number of hydrogen-bond acceptors (Lipinski definition) is 7. The van der Waals surface area contributed by atoms with Gasteiger partial charge in [0.05, 0.1) is 36.6 Å². The fourth-order valence-corrected chi connectivity index (χ4v) is 5.37. The molecule has 0 saturated heterocycles. The number of carbonyl (C=O) groups is 1. The van der Waals surface area contributed by atoms with Crippen LogP contribution in [0.15, 0.2) is 99.0 Å². The molecule has 7 heteroatoms. The minimum absolute atomic E-state index is 0.000254. The number of ether oxygens (including phenoxy) is 1. The van der Waals surface area contributed by atoms with Gasteiger partial charge in [0.2, 0.25) is 0 Å². The van der Waals surface area contributed by atoms with Gasteiger partial charge in [-0.2, -0.15) is 5.26 Å². The lowest BCUT2D eigenvalue weighted by Gasteiger charge is -2.43. The summed E-state index contributed by atoms with van der Waals surface area (Å²) in [4.78, 5) is 20.5. The van der Waals surface area contributed by atoms with Crippen LogP contribution in [0.1, 0.15) is 41.6 Å². The smallest absolute Gasteiger partial charge is 0.162 e. The molecule has 0 radical (unpaired) electrons. The van der Waals surface area contributed by atoms with Gasteiger partial charge >= 0.3 is 0 Å². The number of aliphatic imine (C=N–C) groups is 1. The maximum atomic E-state index is 13.8. The number of nitrogens with two attached hydrogens (primary N) is 1. The van der Waals surface area contributed by atoms with Crippen LogP contribution in [0.5, 0.6) is 5.75 Å². The Bertz CT molecular complexity index is 1470. The molecule has 3 aromatic rings. The molecule has 0 bridgehead atoms. The molecule has 0 amide bonds. The Hall–Kier alpha value is -4.57. The zero-order valence-electron chi connectivity index (χ0n) is 19.1. The van der Waals surface area contributed by atoms with Crippen molar-refractivity contribution in [3.8, 4) is 11.8 Å². The van der Waals surface area contributed by atoms with Crippen LogP contribution in [-0.2, 0) is 4.79 Å². The molecule has 35 heavy (non-hydrogen) atoms. The van der Waals surface area contributed by atoms with Gasteiger partial charge in [-0.05, 0) is 48.4 Å². The van der Waals surface area contributed by atoms with Crippen LogP contribution in [-0.4, -0.2) is 18.7 Å². The van der Waals surface area contributed by atoms with E-state index in [1.807, 2.05) is 65.6 Å². The average molecular weight is 463 g/mol. The van der Waals surface area contributed by atoms with Gasteiger partial charge in [-0.1, -0.05) is 24.3 Å². The minimum Gasteiger partial charge on any atom is -0.497 e. The SMILES string of the molecule is COc1ccc(C2C(C#N)=C3N=C(N)c4ccccc4N3C3=C2C(=O)CC(c2ccco2)C3)cc1. The molecule has 1 aliphatic carbocycles. The van der Waals surface area contributed by atoms with Crippen molar-refractivity contribution in [1.82, 2.24) is 0 Å². The van der Waals surface area contributed by atoms with Crippen LogP contribution in [0.2, 0.25) is 0 Å². The van der Waals surface area contributed by atoms with E-state index in [1.54, 1.807) is 13.4 Å². The first-order valence-corrected chi connectivity index (χ1v) is 11.4. The third kappa shape index (κ3) is 3.18. The molecule has 0 fully saturated rings. The predicted molar refractivity (Wildman–Crippen MR) is 131 cm³/mol. The minimum atomic E-state index is -0.543. The Labute approximate surface area is 202 Å². The topological polar surface area (TPSA) is 105 Å². The van der Waals surface area contributed by atoms with E-state index in [1.165, 1.54) is 0 Å². The average Bonchev–Trinajstić information content (AvgIpc) is 3.43. The van der Waals surface area contributed by atoms with Crippen molar-refractivity contribution < 1.29 is 13.9 Å². The zero-order chi connectivity index (χ0) is 24.1. The van der Waals surface area contributed by atoms with E-state index >= 15 is 0 Å². The summed E-state index contributed by atoms with van der Waals surface area (Å²) < 4.78 is 11.0. The van der Waals surface area contributed by atoms with Gasteiger partial charge in [0.15, 0.2) is 11.6 Å². The summed E-state index contributed by atoms with van der Waals surface area (Å²) in [5, 5.41) is 10.4. The molecule has 1 aromatic heterocycles. The number of amidine groups is 1. The molecule has 2 aliphatic heterocycles. The Morgan fingerprint density at radius 2 is 1.91 bits per heavy atom. The Morgan fingerprint density at radius 3 is 2.63 bits per heavy atom. The van der Waals surface area contributed by atoms with Crippen molar-refractivity contribution in [2.75, 3.05) is 12.0 Å². The van der Waals surface area contributed by atoms with Gasteiger partial charge in [-0.15, -0.1) is 0 Å². The van der Waals surface area contributed by atoms with Gasteiger partial charge in [0.25, 0.3) is 0 Å². The molecule has 3 heterocycles. The number of para-hydroxylation sites is 1. The highest BCUT2D eigenvalue weighted by atomic mass is 16.5. The standard InChI is InChI=1S/C28H22N4O3/c1-34-18-10-8-16(9-11-18)25-20(15-29)28-31-27(30)19-5-2-3-6-21(19)32(28)22-13-17(14-23(33)26(22)25)24-7-4-12-35-24/h2-12,17,25H,13-14H2,1H3,(H2,30,31). The van der Waals surface area contributed by atoms with Crippen LogP contribution in [0.4, 0.5) is 5.69 Å². The maximum Gasteiger partial charge on any atom is 0.162 e. The lowest BCUT2D eigenvalue weighted by Crippen LogP contribution is -2.40. The van der Waals surface area contributed by atoms with Crippen molar-refractivity contribution in [2.45, 2.75) is 24.7 Å². The molecule has 0 saturated carbocycles. The molecular weight excluding hydrogens is 440 g/mol. The summed E-state index contributed by atoms with van der Waals surface area (Å²) in [6.07, 6.45) is 2.52. The van der Waals surface area contributed by atoms with Crippen molar-refractivity contribution in [3.05, 3.63) is 106 Å². The number of furan rings is 1. The number of ketones is 1. The van der Waals surface area contributed by atoms with Crippen molar-refractivity contribution in [1.29, 1.82) is 5.26 Å². The monoisotopic (exact) mass is 462 g/mol. The first-order chi connectivity index (χ1) is 17.1. The Morgan fingerprint density at radius 1 is 1.11 bits per heavy atom. The molecule has 3 aliphatic rings. The second-order valence-electron chi connectivity index (χ2n) is 8.81. The second-order valence-corrected chi connectivity index (χ2v) is 8.81. The normalized spacial score (nSPS) is 21.1. The van der Waals surface area contributed by atoms with Gasteiger partial charge < -0.3 is 14.9 Å². The highest BCUT2D eigenvalue weighted by Gasteiger charge is 2.45. The van der Waals surface area contributed by atoms with E-state index in [-0.39, 0.29) is 11.7 Å². The molecule has 2 unspecified atom stereocenters. The predicted octanol–water partition coefficient (Wildman–Crippen LogP) is 4.75. The quantitative estimate of drug-likeness (QED) is 0.602. The second kappa shape index (κ2) is 8.03. The Balaban J connectivity index is 1.61. The lowest BCUT2D eigenvalue weighted by molar-refractivity contribution is -0.116. The number of carbonyl (C=O) groups excluding carboxylic acids is 1. The highest BCUT2D eigenvalue weighted by Crippen LogP contribution is 2.51. The summed E-state index contributed by atoms with van der Waals surface area (Å²) >= 11 is 0. The number of anilines is 1. The van der Waals surface area contributed by atoms with Crippen LogP contribution in [0, 0.1) is 11.3 Å². The van der Waals surface area contributed by atoms with Crippen LogP contribution in [0.3, 0.4) is 0 Å². The van der Waals surface area contributed by atoms with E-state index in [2.05, 4.69) is 6.07 Å². The molecule has 2 aromatic carbocycles. The molecule has 2 atom stereocenters. The summed E-state index contributed by atoms with van der Waals surface area (Å²) in [6.45, 7) is 0. The lowest BCUT2D eigenvalue weighted by atomic mass is 9.72. The van der Waals surface area contributed by atoms with Crippen molar-refractivity contribution >= 4 is 17.3 Å². The number of methoxy groups -OCH3 is 1. The van der Waals surface area contributed by atoms with Crippen LogP contribution in [0.25, 0.3) is 0 Å². The van der Waals surface area contributed by atoms with Crippen molar-refractivity contribution in [2.24, 2.45) is 10.7 Å². The molecule has 6 rings (SSSR count). The van der Waals surface area contributed by atoms with Crippen LogP contribution >= 0.6 is 0 Å². The number of hydrogen-bond donors (Lipinski definition) is 1. The van der Waals surface area contributed by atoms with Gasteiger partial charge in [-0.25, -0.2) is 4.99 Å². The third-order valence-electron chi connectivity index (χ3n) is 6.95. The summed E-state index contributed by atoms with van der Waals surface area (Å²) in [5.74, 6) is 1.65. The molecule has 7 nitrogen and oxygen atoms in total. The van der Waals surface area contributed by atoms with E-state index in [4.69, 9.17) is 19.9 Å². The molecule has 0 spiro atoms. The number of fused-ring (bicyclic) bond motifs is 4. The fourth-order valence-electron chi connectivity index (χ4n) is 5.37. The molecular formula is C28H22N4O3. The summed E-state index contributed by atoms with van der Waals surface area (Å²) in [5.41, 5.74) is 10.6. The van der Waals surface area contributed by atoms with E-state index in [0.29, 0.717) is 41.4 Å². The number of allylic oxidation sites excluding steroid dienone is 3. The number of nitrogens with zero attached hydrogens (tertiary/aromatic N) is 3. The fraction of sp³-hybridized carbons (Fsp3) is 0.179. The molecule has 172 valence electrons. The zero-order valence-corrected chi connectivity index (χ0v) is 19.1. The van der Waals surface area contributed by atoms with Gasteiger partial charge in [0.1, 0.15) is 17.3 Å². The van der Waals surface area contributed by atoms with E-state index in [9.17, 15) is 10.1 Å². The van der Waals surface area contributed by atoms with Crippen LogP contribution < -0.4 is 15.4 Å². The largest absolute Gasteiger partial charge is 0.497 e. The van der Waals surface area contributed by atoms with E-state index < -0.39 is 5.92 Å². The Kier molecular flexibility index (Phi) is 4.82. The summed E-state index contributed by atoms with van der Waals surface area (Å²) in [7, 11) is 1.60. The first-order valence-electron chi connectivity index (χ1n) is 11.4. The van der Waals surface area contributed by atoms with E-state index in [0.717, 1.165) is 28.3 Å². The number of nitriles is 1. The molecule has 2 N–H and O–H groups in total. The number of benzene rings is 2.